The number of hydrogen-bond acceptors (Lipinski definition) is 2. The van der Waals surface area contributed by atoms with Crippen molar-refractivity contribution >= 4 is 0 Å². The molecule has 26 heavy (non-hydrogen) atoms. The van der Waals surface area contributed by atoms with Crippen LogP contribution in [0.5, 0.6) is 0 Å². The molecule has 0 amide bonds. The lowest BCUT2D eigenvalue weighted by atomic mass is 9.99. The molecule has 11 heteroatoms. The molecule has 0 saturated carbocycles. The Labute approximate surface area is 140 Å². The second-order valence-electron chi connectivity index (χ2n) is 5.27. The van der Waals surface area contributed by atoms with Gasteiger partial charge in [-0.2, -0.15) is 39.5 Å². The zero-order chi connectivity index (χ0) is 20.0. The fourth-order valence-corrected chi connectivity index (χ4v) is 2.02. The fraction of sp³-hybridized carbons (Fsp3) is 0.333. The number of hydrogen-bond donors (Lipinski definition) is 0. The Morgan fingerprint density at radius 2 is 1.27 bits per heavy atom. The Kier molecular flexibility index (Phi) is 4.71. The van der Waals surface area contributed by atoms with E-state index in [4.69, 9.17) is 0 Å². The van der Waals surface area contributed by atoms with Crippen molar-refractivity contribution in [3.05, 3.63) is 47.9 Å². The molecular formula is C15H9F9N2. The molecule has 0 N–H and O–H groups in total. The molecule has 1 aromatic heterocycles. The average molecular weight is 388 g/mol. The van der Waals surface area contributed by atoms with Crippen LogP contribution in [0.4, 0.5) is 39.5 Å². The first-order valence-electron chi connectivity index (χ1n) is 6.83. The van der Waals surface area contributed by atoms with Crippen molar-refractivity contribution in [1.29, 1.82) is 0 Å². The van der Waals surface area contributed by atoms with Crippen molar-refractivity contribution in [1.82, 2.24) is 9.97 Å². The van der Waals surface area contributed by atoms with Crippen LogP contribution in [0.15, 0.2) is 36.4 Å². The smallest absolute Gasteiger partial charge is 0.233 e. The van der Waals surface area contributed by atoms with Gasteiger partial charge in [-0.25, -0.2) is 9.97 Å². The van der Waals surface area contributed by atoms with Crippen LogP contribution in [0.2, 0.25) is 0 Å². The molecule has 1 aromatic carbocycles. The average Bonchev–Trinajstić information content (AvgIpc) is 2.53. The molecule has 0 bridgehead atoms. The van der Waals surface area contributed by atoms with Gasteiger partial charge in [-0.1, -0.05) is 30.3 Å². The van der Waals surface area contributed by atoms with Crippen LogP contribution in [0.25, 0.3) is 11.3 Å². The van der Waals surface area contributed by atoms with Gasteiger partial charge in [0, 0.05) is 5.56 Å². The molecule has 0 fully saturated rings. The predicted molar refractivity (Wildman–Crippen MR) is 72.0 cm³/mol. The number of halogens is 9. The third-order valence-electron chi connectivity index (χ3n) is 3.37. The highest BCUT2D eigenvalue weighted by Crippen LogP contribution is 2.56. The van der Waals surface area contributed by atoms with E-state index in [-0.39, 0.29) is 17.3 Å². The van der Waals surface area contributed by atoms with Gasteiger partial charge in [0.15, 0.2) is 0 Å². The maximum Gasteiger partial charge on any atom is 0.460 e. The molecule has 142 valence electrons. The van der Waals surface area contributed by atoms with Crippen molar-refractivity contribution < 1.29 is 39.5 Å². The number of rotatable bonds is 4. The van der Waals surface area contributed by atoms with Crippen LogP contribution in [0.1, 0.15) is 11.5 Å². The Bertz CT molecular complexity index is 785. The lowest BCUT2D eigenvalue weighted by Gasteiger charge is -2.33. The monoisotopic (exact) mass is 388 g/mol. The van der Waals surface area contributed by atoms with E-state index in [1.54, 1.807) is 6.07 Å². The topological polar surface area (TPSA) is 25.8 Å². The van der Waals surface area contributed by atoms with Gasteiger partial charge in [0.1, 0.15) is 11.5 Å². The summed E-state index contributed by atoms with van der Waals surface area (Å²) in [5.74, 6) is -20.2. The summed E-state index contributed by atoms with van der Waals surface area (Å²) in [5, 5.41) is 0. The largest absolute Gasteiger partial charge is 0.460 e. The molecule has 0 radical (unpaired) electrons. The summed E-state index contributed by atoms with van der Waals surface area (Å²) in [6, 6.07) is 7.42. The summed E-state index contributed by atoms with van der Waals surface area (Å²) in [6.07, 6.45) is -6.88. The van der Waals surface area contributed by atoms with Crippen LogP contribution in [0.3, 0.4) is 0 Å². The molecule has 0 aliphatic carbocycles. The minimum Gasteiger partial charge on any atom is -0.233 e. The minimum absolute atomic E-state index is 0.154. The number of aromatic nitrogens is 2. The van der Waals surface area contributed by atoms with Gasteiger partial charge in [0.25, 0.3) is 0 Å². The van der Waals surface area contributed by atoms with Gasteiger partial charge >= 0.3 is 23.9 Å². The van der Waals surface area contributed by atoms with Crippen molar-refractivity contribution in [3.63, 3.8) is 0 Å². The molecule has 0 atom stereocenters. The molecule has 2 rings (SSSR count). The van der Waals surface area contributed by atoms with E-state index in [1.807, 2.05) is 0 Å². The SMILES string of the molecule is Cc1nc(-c2ccccc2)cc(C(F)(F)C(F)(F)C(F)(F)C(F)(F)F)n1. The molecular weight excluding hydrogens is 379 g/mol. The Morgan fingerprint density at radius 3 is 1.77 bits per heavy atom. The maximum absolute atomic E-state index is 14.0. The van der Waals surface area contributed by atoms with E-state index in [2.05, 4.69) is 9.97 Å². The molecule has 2 nitrogen and oxygen atoms in total. The molecule has 0 aliphatic heterocycles. The van der Waals surface area contributed by atoms with Gasteiger partial charge in [-0.15, -0.1) is 0 Å². The summed E-state index contributed by atoms with van der Waals surface area (Å²) < 4.78 is 118. The molecule has 0 unspecified atom stereocenters. The van der Waals surface area contributed by atoms with E-state index in [1.165, 1.54) is 24.3 Å². The number of aryl methyl sites for hydroxylation is 1. The van der Waals surface area contributed by atoms with Gasteiger partial charge in [0.2, 0.25) is 0 Å². The normalized spacial score (nSPS) is 13.8. The Morgan fingerprint density at radius 1 is 0.731 bits per heavy atom. The summed E-state index contributed by atoms with van der Waals surface area (Å²) in [6.45, 7) is 1.01. The lowest BCUT2D eigenvalue weighted by Crippen LogP contribution is -2.59. The summed E-state index contributed by atoms with van der Waals surface area (Å²) >= 11 is 0. The summed E-state index contributed by atoms with van der Waals surface area (Å²) in [7, 11) is 0. The van der Waals surface area contributed by atoms with Crippen LogP contribution in [-0.2, 0) is 5.92 Å². The minimum atomic E-state index is -6.98. The highest BCUT2D eigenvalue weighted by Gasteiger charge is 2.82. The second kappa shape index (κ2) is 6.13. The van der Waals surface area contributed by atoms with Crippen LogP contribution in [0, 0.1) is 6.92 Å². The van der Waals surface area contributed by atoms with Crippen molar-refractivity contribution in [2.45, 2.75) is 30.9 Å². The molecule has 0 aliphatic rings. The standard InChI is InChI=1S/C15H9F9N2/c1-8-25-10(9-5-3-2-4-6-9)7-11(26-8)12(16,17)13(18,19)14(20,21)15(22,23)24/h2-7H,1H3. The fourth-order valence-electron chi connectivity index (χ4n) is 2.02. The zero-order valence-corrected chi connectivity index (χ0v) is 12.8. The molecule has 1 heterocycles. The van der Waals surface area contributed by atoms with Gasteiger partial charge < -0.3 is 0 Å². The van der Waals surface area contributed by atoms with Gasteiger partial charge in [-0.05, 0) is 13.0 Å². The van der Waals surface area contributed by atoms with Crippen molar-refractivity contribution in [2.75, 3.05) is 0 Å². The highest BCUT2D eigenvalue weighted by atomic mass is 19.4. The quantitative estimate of drug-likeness (QED) is 0.658. The number of benzene rings is 1. The Hall–Kier alpha value is -2.33. The van der Waals surface area contributed by atoms with Crippen molar-refractivity contribution in [2.24, 2.45) is 0 Å². The molecule has 0 spiro atoms. The number of nitrogens with zero attached hydrogens (tertiary/aromatic N) is 2. The van der Waals surface area contributed by atoms with Gasteiger partial charge in [0.05, 0.1) is 5.69 Å². The van der Waals surface area contributed by atoms with E-state index in [0.29, 0.717) is 0 Å². The van der Waals surface area contributed by atoms with E-state index in [0.717, 1.165) is 6.92 Å². The van der Waals surface area contributed by atoms with Crippen molar-refractivity contribution in [3.8, 4) is 11.3 Å². The highest BCUT2D eigenvalue weighted by molar-refractivity contribution is 5.59. The first-order valence-corrected chi connectivity index (χ1v) is 6.83. The maximum atomic E-state index is 14.0. The van der Waals surface area contributed by atoms with E-state index in [9.17, 15) is 39.5 Å². The van der Waals surface area contributed by atoms with E-state index < -0.39 is 35.5 Å². The predicted octanol–water partition coefficient (Wildman–Crippen LogP) is 5.38. The zero-order valence-electron chi connectivity index (χ0n) is 12.8. The third kappa shape index (κ3) is 3.10. The second-order valence-corrected chi connectivity index (χ2v) is 5.27. The molecule has 0 saturated heterocycles. The molecule has 2 aromatic rings. The summed E-state index contributed by atoms with van der Waals surface area (Å²) in [4.78, 5) is 6.66. The van der Waals surface area contributed by atoms with Crippen LogP contribution >= 0.6 is 0 Å². The first-order chi connectivity index (χ1) is 11.7. The number of alkyl halides is 9. The summed E-state index contributed by atoms with van der Waals surface area (Å²) in [5.41, 5.74) is -2.13. The van der Waals surface area contributed by atoms with Crippen LogP contribution < -0.4 is 0 Å². The lowest BCUT2D eigenvalue weighted by molar-refractivity contribution is -0.400. The Balaban J connectivity index is 2.61. The van der Waals surface area contributed by atoms with Gasteiger partial charge in [-0.3, -0.25) is 0 Å². The van der Waals surface area contributed by atoms with Crippen LogP contribution in [-0.4, -0.2) is 28.0 Å². The van der Waals surface area contributed by atoms with E-state index >= 15 is 0 Å². The third-order valence-corrected chi connectivity index (χ3v) is 3.37. The first kappa shape index (κ1) is 20.0.